The molecule has 6 heteroatoms. The summed E-state index contributed by atoms with van der Waals surface area (Å²) in [5, 5.41) is 4.17. The smallest absolute Gasteiger partial charge is 0.256 e. The molecular weight excluding hydrogens is 218 g/mol. The molecule has 0 saturated heterocycles. The van der Waals surface area contributed by atoms with E-state index in [-0.39, 0.29) is 11.4 Å². The summed E-state index contributed by atoms with van der Waals surface area (Å²) in [6.07, 6.45) is 3.28. The second kappa shape index (κ2) is 4.40. The van der Waals surface area contributed by atoms with E-state index in [0.717, 1.165) is 6.42 Å². The van der Waals surface area contributed by atoms with Gasteiger partial charge in [0.05, 0.1) is 5.56 Å². The molecular formula is C11H15N5O. The lowest BCUT2D eigenvalue weighted by atomic mass is 10.2. The molecule has 0 aliphatic heterocycles. The minimum absolute atomic E-state index is 0.181. The first kappa shape index (κ1) is 11.4. The van der Waals surface area contributed by atoms with Crippen molar-refractivity contribution in [3.05, 3.63) is 28.2 Å². The number of anilines is 1. The third-order valence-electron chi connectivity index (χ3n) is 2.50. The lowest BCUT2D eigenvalue weighted by Gasteiger charge is -2.04. The first-order valence-corrected chi connectivity index (χ1v) is 5.50. The largest absolute Gasteiger partial charge is 0.383 e. The fourth-order valence-corrected chi connectivity index (χ4v) is 1.67. The number of aromatic nitrogens is 4. The highest BCUT2D eigenvalue weighted by Gasteiger charge is 2.10. The lowest BCUT2D eigenvalue weighted by Crippen LogP contribution is -2.18. The number of nitrogens with one attached hydrogen (secondary N) is 1. The van der Waals surface area contributed by atoms with Crippen LogP contribution < -0.4 is 11.3 Å². The van der Waals surface area contributed by atoms with Crippen LogP contribution >= 0.6 is 0 Å². The number of H-pyrrole nitrogens is 1. The van der Waals surface area contributed by atoms with E-state index in [4.69, 9.17) is 5.73 Å². The molecule has 0 bridgehead atoms. The van der Waals surface area contributed by atoms with Crippen LogP contribution in [0.2, 0.25) is 0 Å². The molecule has 0 amide bonds. The van der Waals surface area contributed by atoms with E-state index < -0.39 is 0 Å². The molecule has 2 aromatic heterocycles. The summed E-state index contributed by atoms with van der Waals surface area (Å²) < 4.78 is 1.64. The third-order valence-corrected chi connectivity index (χ3v) is 2.50. The summed E-state index contributed by atoms with van der Waals surface area (Å²) in [6, 6.07) is 1.78. The molecule has 0 fully saturated rings. The summed E-state index contributed by atoms with van der Waals surface area (Å²) in [5.74, 6) is 0.698. The molecule has 0 saturated carbocycles. The van der Waals surface area contributed by atoms with Crippen molar-refractivity contribution >= 4 is 5.82 Å². The van der Waals surface area contributed by atoms with Crippen LogP contribution in [0, 0.1) is 0 Å². The highest BCUT2D eigenvalue weighted by Crippen LogP contribution is 2.13. The van der Waals surface area contributed by atoms with Gasteiger partial charge in [0.15, 0.2) is 5.82 Å². The van der Waals surface area contributed by atoms with Crippen LogP contribution in [0.5, 0.6) is 0 Å². The van der Waals surface area contributed by atoms with Crippen LogP contribution in [-0.2, 0) is 13.5 Å². The molecule has 90 valence electrons. The normalized spacial score (nSPS) is 10.7. The van der Waals surface area contributed by atoms with Gasteiger partial charge in [0, 0.05) is 13.2 Å². The Kier molecular flexibility index (Phi) is 2.95. The third kappa shape index (κ3) is 2.20. The van der Waals surface area contributed by atoms with Gasteiger partial charge in [0.25, 0.3) is 5.56 Å². The molecule has 2 rings (SSSR count). The van der Waals surface area contributed by atoms with E-state index in [0.29, 0.717) is 23.5 Å². The average Bonchev–Trinajstić information content (AvgIpc) is 2.70. The van der Waals surface area contributed by atoms with Gasteiger partial charge in [-0.15, -0.1) is 0 Å². The van der Waals surface area contributed by atoms with Crippen molar-refractivity contribution < 1.29 is 0 Å². The van der Waals surface area contributed by atoms with E-state index in [1.54, 1.807) is 24.0 Å². The summed E-state index contributed by atoms with van der Waals surface area (Å²) in [6.45, 7) is 1.99. The van der Waals surface area contributed by atoms with Gasteiger partial charge in [-0.3, -0.25) is 9.48 Å². The van der Waals surface area contributed by atoms with E-state index in [1.807, 2.05) is 6.92 Å². The maximum absolute atomic E-state index is 11.8. The van der Waals surface area contributed by atoms with Gasteiger partial charge in [-0.2, -0.15) is 5.10 Å². The first-order chi connectivity index (χ1) is 8.11. The SMILES string of the molecule is CCCc1c(N)nc(-c2ccn(C)n2)[nH]c1=O. The Morgan fingerprint density at radius 1 is 1.53 bits per heavy atom. The average molecular weight is 233 g/mol. The highest BCUT2D eigenvalue weighted by molar-refractivity contribution is 5.52. The zero-order valence-corrected chi connectivity index (χ0v) is 9.90. The molecule has 6 nitrogen and oxygen atoms in total. The van der Waals surface area contributed by atoms with Gasteiger partial charge in [-0.25, -0.2) is 4.98 Å². The van der Waals surface area contributed by atoms with Crippen LogP contribution in [0.25, 0.3) is 11.5 Å². The van der Waals surface area contributed by atoms with Gasteiger partial charge in [-0.1, -0.05) is 13.3 Å². The van der Waals surface area contributed by atoms with Crippen LogP contribution in [-0.4, -0.2) is 19.7 Å². The monoisotopic (exact) mass is 233 g/mol. The number of aromatic amines is 1. The zero-order valence-electron chi connectivity index (χ0n) is 9.90. The second-order valence-electron chi connectivity index (χ2n) is 3.90. The number of hydrogen-bond donors (Lipinski definition) is 2. The second-order valence-corrected chi connectivity index (χ2v) is 3.90. The predicted molar refractivity (Wildman–Crippen MR) is 65.5 cm³/mol. The minimum Gasteiger partial charge on any atom is -0.383 e. The number of aryl methyl sites for hydroxylation is 1. The maximum atomic E-state index is 11.8. The molecule has 2 aromatic rings. The van der Waals surface area contributed by atoms with Crippen molar-refractivity contribution in [1.82, 2.24) is 19.7 Å². The number of nitrogen functional groups attached to an aromatic ring is 1. The Morgan fingerprint density at radius 3 is 2.82 bits per heavy atom. The number of nitrogens with zero attached hydrogens (tertiary/aromatic N) is 3. The van der Waals surface area contributed by atoms with Gasteiger partial charge in [-0.05, 0) is 12.5 Å². The van der Waals surface area contributed by atoms with Crippen molar-refractivity contribution in [2.24, 2.45) is 7.05 Å². The first-order valence-electron chi connectivity index (χ1n) is 5.50. The Labute approximate surface area is 98.5 Å². The lowest BCUT2D eigenvalue weighted by molar-refractivity contribution is 0.768. The summed E-state index contributed by atoms with van der Waals surface area (Å²) >= 11 is 0. The standard InChI is InChI=1S/C11H15N5O/c1-3-4-7-9(12)13-10(14-11(7)17)8-5-6-16(2)15-8/h5-6H,3-4H2,1-2H3,(H3,12,13,14,17). The molecule has 0 aliphatic rings. The molecule has 0 atom stereocenters. The summed E-state index contributed by atoms with van der Waals surface area (Å²) in [5.41, 5.74) is 6.76. The quantitative estimate of drug-likeness (QED) is 0.816. The molecule has 2 heterocycles. The van der Waals surface area contributed by atoms with Crippen molar-refractivity contribution in [3.63, 3.8) is 0 Å². The predicted octanol–water partition coefficient (Wildman–Crippen LogP) is 0.705. The van der Waals surface area contributed by atoms with E-state index in [1.165, 1.54) is 0 Å². The van der Waals surface area contributed by atoms with Crippen molar-refractivity contribution in [2.45, 2.75) is 19.8 Å². The fraction of sp³-hybridized carbons (Fsp3) is 0.364. The molecule has 0 aromatic carbocycles. The van der Waals surface area contributed by atoms with E-state index in [2.05, 4.69) is 15.1 Å². The Balaban J connectivity index is 2.49. The maximum Gasteiger partial charge on any atom is 0.256 e. The number of rotatable bonds is 3. The molecule has 0 aliphatic carbocycles. The van der Waals surface area contributed by atoms with Gasteiger partial charge in [0.1, 0.15) is 11.5 Å². The Morgan fingerprint density at radius 2 is 2.29 bits per heavy atom. The fourth-order valence-electron chi connectivity index (χ4n) is 1.67. The Hall–Kier alpha value is -2.11. The molecule has 3 N–H and O–H groups in total. The van der Waals surface area contributed by atoms with Crippen molar-refractivity contribution in [2.75, 3.05) is 5.73 Å². The summed E-state index contributed by atoms with van der Waals surface area (Å²) in [7, 11) is 1.80. The van der Waals surface area contributed by atoms with E-state index in [9.17, 15) is 4.79 Å². The molecule has 17 heavy (non-hydrogen) atoms. The number of hydrogen-bond acceptors (Lipinski definition) is 4. The topological polar surface area (TPSA) is 89.6 Å². The van der Waals surface area contributed by atoms with Crippen molar-refractivity contribution in [1.29, 1.82) is 0 Å². The molecule has 0 spiro atoms. The van der Waals surface area contributed by atoms with Crippen molar-refractivity contribution in [3.8, 4) is 11.5 Å². The molecule has 0 radical (unpaired) electrons. The van der Waals surface area contributed by atoms with Crippen LogP contribution in [0.15, 0.2) is 17.1 Å². The Bertz CT molecular complexity index is 584. The van der Waals surface area contributed by atoms with E-state index >= 15 is 0 Å². The summed E-state index contributed by atoms with van der Waals surface area (Å²) in [4.78, 5) is 18.7. The highest BCUT2D eigenvalue weighted by atomic mass is 16.1. The van der Waals surface area contributed by atoms with Gasteiger partial charge in [0.2, 0.25) is 0 Å². The van der Waals surface area contributed by atoms with Crippen LogP contribution in [0.1, 0.15) is 18.9 Å². The minimum atomic E-state index is -0.181. The van der Waals surface area contributed by atoms with Gasteiger partial charge >= 0.3 is 0 Å². The van der Waals surface area contributed by atoms with Crippen LogP contribution in [0.4, 0.5) is 5.82 Å². The zero-order chi connectivity index (χ0) is 12.4. The van der Waals surface area contributed by atoms with Gasteiger partial charge < -0.3 is 10.7 Å². The number of nitrogens with two attached hydrogens (primary N) is 1. The van der Waals surface area contributed by atoms with Crippen LogP contribution in [0.3, 0.4) is 0 Å². The molecule has 0 unspecified atom stereocenters.